The molecule has 0 bridgehead atoms. The number of rotatable bonds is 4. The molecule has 1 aromatic rings. The normalized spacial score (nSPS) is 10.3. The van der Waals surface area contributed by atoms with Crippen LogP contribution in [0.25, 0.3) is 0 Å². The number of carboxylic acid groups (broad SMARTS) is 1. The number of hydrogen-bond donors (Lipinski definition) is 1. The van der Waals surface area contributed by atoms with E-state index in [1.54, 1.807) is 13.8 Å². The monoisotopic (exact) mass is 228 g/mol. The molecule has 0 saturated carbocycles. The summed E-state index contributed by atoms with van der Waals surface area (Å²) in [7, 11) is 1.32. The van der Waals surface area contributed by atoms with E-state index in [9.17, 15) is 9.18 Å². The van der Waals surface area contributed by atoms with Crippen LogP contribution in [0.4, 0.5) is 4.39 Å². The van der Waals surface area contributed by atoms with Crippen molar-refractivity contribution in [2.45, 2.75) is 20.0 Å². The summed E-state index contributed by atoms with van der Waals surface area (Å²) in [6.45, 7) is 3.49. The van der Waals surface area contributed by atoms with Crippen molar-refractivity contribution in [1.29, 1.82) is 0 Å². The number of carboxylic acids is 1. The number of halogens is 1. The van der Waals surface area contributed by atoms with Gasteiger partial charge in [-0.2, -0.15) is 0 Å². The zero-order chi connectivity index (χ0) is 12.3. The maximum absolute atomic E-state index is 13.4. The third-order valence-electron chi connectivity index (χ3n) is 1.85. The molecule has 0 aromatic heterocycles. The summed E-state index contributed by atoms with van der Waals surface area (Å²) in [6, 6.07) is 2.12. The van der Waals surface area contributed by atoms with Crippen LogP contribution < -0.4 is 9.47 Å². The zero-order valence-electron chi connectivity index (χ0n) is 9.28. The Labute approximate surface area is 92.6 Å². The van der Waals surface area contributed by atoms with Crippen molar-refractivity contribution in [3.8, 4) is 11.5 Å². The molecule has 0 heterocycles. The quantitative estimate of drug-likeness (QED) is 0.859. The lowest BCUT2D eigenvalue weighted by molar-refractivity contribution is 0.0692. The molecule has 16 heavy (non-hydrogen) atoms. The Balaban J connectivity index is 3.20. The van der Waals surface area contributed by atoms with Crippen molar-refractivity contribution in [2.24, 2.45) is 0 Å². The Morgan fingerprint density at radius 1 is 1.38 bits per heavy atom. The van der Waals surface area contributed by atoms with Gasteiger partial charge in [-0.3, -0.25) is 0 Å². The van der Waals surface area contributed by atoms with E-state index >= 15 is 0 Å². The Bertz CT molecular complexity index is 401. The second-order valence-electron chi connectivity index (χ2n) is 3.45. The lowest BCUT2D eigenvalue weighted by atomic mass is 10.2. The Morgan fingerprint density at radius 3 is 2.44 bits per heavy atom. The standard InChI is InChI=1S/C11H13FO4/c1-6(2)16-10-5-9(15-3)7(11(13)14)4-8(10)12/h4-6H,1-3H3,(H,13,14). The highest BCUT2D eigenvalue weighted by Gasteiger charge is 2.17. The molecule has 0 fully saturated rings. The molecule has 0 aliphatic carbocycles. The summed E-state index contributed by atoms with van der Waals surface area (Å²) in [5, 5.41) is 8.81. The Hall–Kier alpha value is -1.78. The summed E-state index contributed by atoms with van der Waals surface area (Å²) in [4.78, 5) is 10.8. The molecule has 0 aliphatic heterocycles. The molecule has 0 unspecified atom stereocenters. The fourth-order valence-electron chi connectivity index (χ4n) is 1.22. The van der Waals surface area contributed by atoms with E-state index in [0.717, 1.165) is 6.07 Å². The van der Waals surface area contributed by atoms with E-state index in [2.05, 4.69) is 0 Å². The van der Waals surface area contributed by atoms with Crippen LogP contribution in [0.3, 0.4) is 0 Å². The fourth-order valence-corrected chi connectivity index (χ4v) is 1.22. The summed E-state index contributed by atoms with van der Waals surface area (Å²) in [5.74, 6) is -1.90. The minimum Gasteiger partial charge on any atom is -0.496 e. The van der Waals surface area contributed by atoms with Gasteiger partial charge >= 0.3 is 5.97 Å². The lowest BCUT2D eigenvalue weighted by Crippen LogP contribution is -2.09. The molecule has 5 heteroatoms. The van der Waals surface area contributed by atoms with Crippen LogP contribution in [0, 0.1) is 5.82 Å². The first-order valence-electron chi connectivity index (χ1n) is 4.73. The minimum atomic E-state index is -1.24. The fraction of sp³-hybridized carbons (Fsp3) is 0.364. The number of carbonyl (C=O) groups is 1. The third kappa shape index (κ3) is 2.62. The lowest BCUT2D eigenvalue weighted by Gasteiger charge is -2.13. The van der Waals surface area contributed by atoms with Crippen molar-refractivity contribution in [2.75, 3.05) is 7.11 Å². The summed E-state index contributed by atoms with van der Waals surface area (Å²) >= 11 is 0. The molecular formula is C11H13FO4. The van der Waals surface area contributed by atoms with Gasteiger partial charge in [-0.1, -0.05) is 0 Å². The van der Waals surface area contributed by atoms with Gasteiger partial charge in [0, 0.05) is 6.07 Å². The predicted octanol–water partition coefficient (Wildman–Crippen LogP) is 2.32. The number of hydrogen-bond acceptors (Lipinski definition) is 3. The SMILES string of the molecule is COc1cc(OC(C)C)c(F)cc1C(=O)O. The topological polar surface area (TPSA) is 55.8 Å². The van der Waals surface area contributed by atoms with Crippen LogP contribution in [-0.4, -0.2) is 24.3 Å². The summed E-state index contributed by atoms with van der Waals surface area (Å²) in [5.41, 5.74) is -0.226. The average molecular weight is 228 g/mol. The Kier molecular flexibility index (Phi) is 3.71. The van der Waals surface area contributed by atoms with Crippen LogP contribution in [0.5, 0.6) is 11.5 Å². The highest BCUT2D eigenvalue weighted by atomic mass is 19.1. The molecule has 4 nitrogen and oxygen atoms in total. The van der Waals surface area contributed by atoms with Gasteiger partial charge in [-0.25, -0.2) is 9.18 Å². The summed E-state index contributed by atoms with van der Waals surface area (Å²) in [6.07, 6.45) is -0.199. The number of aromatic carboxylic acids is 1. The molecule has 0 amide bonds. The minimum absolute atomic E-state index is 0.0168. The van der Waals surface area contributed by atoms with Gasteiger partial charge in [0.05, 0.1) is 13.2 Å². The molecule has 0 atom stereocenters. The van der Waals surface area contributed by atoms with Crippen LogP contribution in [0.15, 0.2) is 12.1 Å². The van der Waals surface area contributed by atoms with E-state index < -0.39 is 11.8 Å². The molecular weight excluding hydrogens is 215 g/mol. The highest BCUT2D eigenvalue weighted by molar-refractivity contribution is 5.91. The highest BCUT2D eigenvalue weighted by Crippen LogP contribution is 2.28. The largest absolute Gasteiger partial charge is 0.496 e. The molecule has 1 N–H and O–H groups in total. The first-order valence-corrected chi connectivity index (χ1v) is 4.73. The number of benzene rings is 1. The van der Waals surface area contributed by atoms with Crippen molar-refractivity contribution >= 4 is 5.97 Å². The Morgan fingerprint density at radius 2 is 2.00 bits per heavy atom. The average Bonchev–Trinajstić information content (AvgIpc) is 2.19. The molecule has 88 valence electrons. The van der Waals surface area contributed by atoms with Crippen LogP contribution in [0.2, 0.25) is 0 Å². The van der Waals surface area contributed by atoms with Crippen LogP contribution in [-0.2, 0) is 0 Å². The first-order chi connectivity index (χ1) is 7.45. The van der Waals surface area contributed by atoms with Gasteiger partial charge < -0.3 is 14.6 Å². The van der Waals surface area contributed by atoms with Gasteiger partial charge in [-0.05, 0) is 19.9 Å². The summed E-state index contributed by atoms with van der Waals surface area (Å²) < 4.78 is 23.5. The molecule has 1 rings (SSSR count). The van der Waals surface area contributed by atoms with Crippen molar-refractivity contribution < 1.29 is 23.8 Å². The van der Waals surface area contributed by atoms with E-state index in [4.69, 9.17) is 14.6 Å². The van der Waals surface area contributed by atoms with E-state index in [1.807, 2.05) is 0 Å². The molecule has 0 spiro atoms. The zero-order valence-corrected chi connectivity index (χ0v) is 9.28. The molecule has 0 aliphatic rings. The van der Waals surface area contributed by atoms with Crippen molar-refractivity contribution in [3.05, 3.63) is 23.5 Å². The van der Waals surface area contributed by atoms with Crippen molar-refractivity contribution in [1.82, 2.24) is 0 Å². The smallest absolute Gasteiger partial charge is 0.339 e. The maximum atomic E-state index is 13.4. The van der Waals surface area contributed by atoms with Crippen molar-refractivity contribution in [3.63, 3.8) is 0 Å². The van der Waals surface area contributed by atoms with E-state index in [-0.39, 0.29) is 23.2 Å². The molecule has 0 radical (unpaired) electrons. The molecule has 0 saturated heterocycles. The van der Waals surface area contributed by atoms with Crippen LogP contribution >= 0.6 is 0 Å². The third-order valence-corrected chi connectivity index (χ3v) is 1.85. The van der Waals surface area contributed by atoms with Crippen LogP contribution in [0.1, 0.15) is 24.2 Å². The van der Waals surface area contributed by atoms with Gasteiger partial charge in [0.25, 0.3) is 0 Å². The van der Waals surface area contributed by atoms with Gasteiger partial charge in [0.1, 0.15) is 11.3 Å². The van der Waals surface area contributed by atoms with E-state index in [1.165, 1.54) is 13.2 Å². The number of ether oxygens (including phenoxy) is 2. The first kappa shape index (κ1) is 12.3. The van der Waals surface area contributed by atoms with E-state index in [0.29, 0.717) is 0 Å². The predicted molar refractivity (Wildman–Crippen MR) is 55.7 cm³/mol. The second-order valence-corrected chi connectivity index (χ2v) is 3.45. The number of methoxy groups -OCH3 is 1. The van der Waals surface area contributed by atoms with Gasteiger partial charge in [0.15, 0.2) is 11.6 Å². The van der Waals surface area contributed by atoms with Gasteiger partial charge in [0.2, 0.25) is 0 Å². The maximum Gasteiger partial charge on any atom is 0.339 e. The molecule has 1 aromatic carbocycles. The van der Waals surface area contributed by atoms with Gasteiger partial charge in [-0.15, -0.1) is 0 Å². The second kappa shape index (κ2) is 4.83.